The van der Waals surface area contributed by atoms with Crippen LogP contribution in [-0.2, 0) is 4.79 Å². The van der Waals surface area contributed by atoms with Gasteiger partial charge in [0.15, 0.2) is 0 Å². The molecule has 0 fully saturated rings. The van der Waals surface area contributed by atoms with Crippen LogP contribution in [0.1, 0.15) is 32.1 Å². The number of hydrogen-bond donors (Lipinski definition) is 0. The Hall–Kier alpha value is -0.880. The van der Waals surface area contributed by atoms with Crippen molar-refractivity contribution in [3.63, 3.8) is 0 Å². The van der Waals surface area contributed by atoms with Crippen LogP contribution in [0.15, 0.2) is 17.1 Å². The van der Waals surface area contributed by atoms with Crippen molar-refractivity contribution in [2.24, 2.45) is 10.9 Å². The summed E-state index contributed by atoms with van der Waals surface area (Å²) in [6, 6.07) is 0. The van der Waals surface area contributed by atoms with Gasteiger partial charge in [-0.15, -0.1) is 0 Å². The van der Waals surface area contributed by atoms with Crippen LogP contribution in [0.4, 0.5) is 0 Å². The molecule has 12 heavy (non-hydrogen) atoms. The average molecular weight is 165 g/mol. The van der Waals surface area contributed by atoms with Crippen molar-refractivity contribution >= 4 is 6.08 Å². The lowest BCUT2D eigenvalue weighted by atomic mass is 9.94. The SMILES string of the molecule is O=C=NCC1CC/C=C\CCC1. The molecule has 0 saturated carbocycles. The van der Waals surface area contributed by atoms with Crippen LogP contribution in [-0.4, -0.2) is 12.6 Å². The Kier molecular flexibility index (Phi) is 4.40. The Morgan fingerprint density at radius 2 is 2.17 bits per heavy atom. The van der Waals surface area contributed by atoms with Crippen LogP contribution in [0.25, 0.3) is 0 Å². The maximum atomic E-state index is 9.90. The molecule has 1 aliphatic rings. The van der Waals surface area contributed by atoms with Gasteiger partial charge in [-0.25, -0.2) is 9.79 Å². The van der Waals surface area contributed by atoms with Gasteiger partial charge in [-0.05, 0) is 38.0 Å². The maximum Gasteiger partial charge on any atom is 0.234 e. The van der Waals surface area contributed by atoms with E-state index >= 15 is 0 Å². The van der Waals surface area contributed by atoms with Gasteiger partial charge in [-0.1, -0.05) is 12.2 Å². The van der Waals surface area contributed by atoms with Crippen molar-refractivity contribution < 1.29 is 4.79 Å². The predicted molar refractivity (Wildman–Crippen MR) is 48.7 cm³/mol. The number of rotatable bonds is 2. The van der Waals surface area contributed by atoms with Gasteiger partial charge < -0.3 is 0 Å². The lowest BCUT2D eigenvalue weighted by molar-refractivity contribution is 0.444. The molecule has 0 heterocycles. The fourth-order valence-corrected chi connectivity index (χ4v) is 1.59. The molecule has 0 aliphatic heterocycles. The standard InChI is InChI=1S/C10H15NO/c12-9-11-8-10-6-4-2-1-3-5-7-10/h1-2,10H,3-8H2/b2-1-. The molecule has 0 aromatic heterocycles. The maximum absolute atomic E-state index is 9.90. The quantitative estimate of drug-likeness (QED) is 0.351. The summed E-state index contributed by atoms with van der Waals surface area (Å²) in [7, 11) is 0. The largest absolute Gasteiger partial charge is 0.234 e. The minimum atomic E-state index is 0.608. The van der Waals surface area contributed by atoms with Gasteiger partial charge >= 0.3 is 0 Å². The van der Waals surface area contributed by atoms with Crippen molar-refractivity contribution in [3.8, 4) is 0 Å². The molecular weight excluding hydrogens is 150 g/mol. The van der Waals surface area contributed by atoms with Crippen LogP contribution in [0.5, 0.6) is 0 Å². The highest BCUT2D eigenvalue weighted by atomic mass is 16.1. The lowest BCUT2D eigenvalue weighted by Gasteiger charge is -2.13. The summed E-state index contributed by atoms with van der Waals surface area (Å²) < 4.78 is 0. The van der Waals surface area contributed by atoms with E-state index in [0.29, 0.717) is 12.5 Å². The molecule has 1 aliphatic carbocycles. The summed E-state index contributed by atoms with van der Waals surface area (Å²) >= 11 is 0. The van der Waals surface area contributed by atoms with Gasteiger partial charge in [0.05, 0.1) is 6.54 Å². The van der Waals surface area contributed by atoms with Crippen molar-refractivity contribution in [2.45, 2.75) is 32.1 Å². The molecule has 0 N–H and O–H groups in total. The summed E-state index contributed by atoms with van der Waals surface area (Å²) in [4.78, 5) is 13.5. The lowest BCUT2D eigenvalue weighted by Crippen LogP contribution is -2.05. The number of aliphatic imine (C=N–C) groups is 1. The van der Waals surface area contributed by atoms with Gasteiger partial charge in [0.1, 0.15) is 0 Å². The van der Waals surface area contributed by atoms with Gasteiger partial charge in [-0.3, -0.25) is 0 Å². The Morgan fingerprint density at radius 1 is 1.33 bits per heavy atom. The molecule has 2 heteroatoms. The van der Waals surface area contributed by atoms with Crippen molar-refractivity contribution in [3.05, 3.63) is 12.2 Å². The van der Waals surface area contributed by atoms with E-state index in [1.54, 1.807) is 6.08 Å². The van der Waals surface area contributed by atoms with Gasteiger partial charge in [-0.2, -0.15) is 0 Å². The fourth-order valence-electron chi connectivity index (χ4n) is 1.59. The van der Waals surface area contributed by atoms with Crippen molar-refractivity contribution in [1.29, 1.82) is 0 Å². The summed E-state index contributed by atoms with van der Waals surface area (Å²) in [5.41, 5.74) is 0. The highest BCUT2D eigenvalue weighted by molar-refractivity contribution is 5.32. The molecule has 1 atom stereocenters. The molecule has 0 radical (unpaired) electrons. The Labute approximate surface area is 73.4 Å². The Balaban J connectivity index is 2.31. The molecule has 66 valence electrons. The molecule has 1 rings (SSSR count). The van der Waals surface area contributed by atoms with Crippen molar-refractivity contribution in [2.75, 3.05) is 6.54 Å². The third-order valence-corrected chi connectivity index (χ3v) is 2.31. The minimum absolute atomic E-state index is 0.608. The summed E-state index contributed by atoms with van der Waals surface area (Å²) in [6.45, 7) is 0.678. The molecule has 0 amide bonds. The summed E-state index contributed by atoms with van der Waals surface area (Å²) in [5.74, 6) is 0.608. The van der Waals surface area contributed by atoms with E-state index in [1.807, 2.05) is 0 Å². The smallest absolute Gasteiger partial charge is 0.211 e. The number of allylic oxidation sites excluding steroid dienone is 2. The third kappa shape index (κ3) is 3.49. The van der Waals surface area contributed by atoms with Crippen LogP contribution < -0.4 is 0 Å². The summed E-state index contributed by atoms with van der Waals surface area (Å²) in [5, 5.41) is 0. The number of nitrogens with zero attached hydrogens (tertiary/aromatic N) is 1. The Morgan fingerprint density at radius 3 is 3.00 bits per heavy atom. The molecule has 1 unspecified atom stereocenters. The van der Waals surface area contributed by atoms with Gasteiger partial charge in [0.25, 0.3) is 0 Å². The van der Waals surface area contributed by atoms with E-state index < -0.39 is 0 Å². The zero-order valence-corrected chi connectivity index (χ0v) is 7.33. The second-order valence-corrected chi connectivity index (χ2v) is 3.28. The molecule has 0 bridgehead atoms. The normalized spacial score (nSPS) is 26.5. The van der Waals surface area contributed by atoms with Crippen LogP contribution in [0.2, 0.25) is 0 Å². The average Bonchev–Trinajstić information content (AvgIpc) is 2.02. The molecule has 0 saturated heterocycles. The van der Waals surface area contributed by atoms with Crippen LogP contribution in [0.3, 0.4) is 0 Å². The number of carbonyl (C=O) groups excluding carboxylic acids is 1. The topological polar surface area (TPSA) is 29.4 Å². The first kappa shape index (κ1) is 9.21. The van der Waals surface area contributed by atoms with E-state index in [2.05, 4.69) is 17.1 Å². The number of hydrogen-bond acceptors (Lipinski definition) is 2. The van der Waals surface area contributed by atoms with Crippen LogP contribution >= 0.6 is 0 Å². The molecule has 0 spiro atoms. The predicted octanol–water partition coefficient (Wildman–Crippen LogP) is 2.46. The molecule has 0 aromatic carbocycles. The fraction of sp³-hybridized carbons (Fsp3) is 0.700. The Bertz CT molecular complexity index is 192. The molecular formula is C10H15NO. The van der Waals surface area contributed by atoms with E-state index in [-0.39, 0.29) is 0 Å². The van der Waals surface area contributed by atoms with E-state index in [0.717, 1.165) is 6.42 Å². The first-order valence-corrected chi connectivity index (χ1v) is 4.62. The highest BCUT2D eigenvalue weighted by Gasteiger charge is 2.07. The monoisotopic (exact) mass is 165 g/mol. The molecule has 0 aromatic rings. The number of isocyanates is 1. The van der Waals surface area contributed by atoms with Gasteiger partial charge in [0.2, 0.25) is 6.08 Å². The van der Waals surface area contributed by atoms with Crippen LogP contribution in [0, 0.1) is 5.92 Å². The van der Waals surface area contributed by atoms with E-state index in [4.69, 9.17) is 0 Å². The minimum Gasteiger partial charge on any atom is -0.211 e. The van der Waals surface area contributed by atoms with E-state index in [1.165, 1.54) is 25.7 Å². The zero-order valence-electron chi connectivity index (χ0n) is 7.33. The third-order valence-electron chi connectivity index (χ3n) is 2.31. The molecule has 2 nitrogen and oxygen atoms in total. The summed E-state index contributed by atoms with van der Waals surface area (Å²) in [6.07, 6.45) is 12.0. The first-order valence-electron chi connectivity index (χ1n) is 4.62. The zero-order chi connectivity index (χ0) is 8.65. The second-order valence-electron chi connectivity index (χ2n) is 3.28. The van der Waals surface area contributed by atoms with Gasteiger partial charge in [0, 0.05) is 0 Å². The van der Waals surface area contributed by atoms with E-state index in [9.17, 15) is 4.79 Å². The first-order chi connectivity index (χ1) is 5.93. The highest BCUT2D eigenvalue weighted by Crippen LogP contribution is 2.18. The van der Waals surface area contributed by atoms with Crippen molar-refractivity contribution in [1.82, 2.24) is 0 Å². The second kappa shape index (κ2) is 5.73.